The molecule has 21 heavy (non-hydrogen) atoms. The molecule has 3 unspecified atom stereocenters. The molecule has 118 valence electrons. The number of methoxy groups -OCH3 is 1. The first kappa shape index (κ1) is 16.4. The Kier molecular flexibility index (Phi) is 5.76. The molecule has 0 aliphatic carbocycles. The van der Waals surface area contributed by atoms with Crippen LogP contribution < -0.4 is 5.73 Å². The lowest BCUT2D eigenvalue weighted by atomic mass is 9.87. The van der Waals surface area contributed by atoms with Crippen molar-refractivity contribution >= 4 is 0 Å². The van der Waals surface area contributed by atoms with Gasteiger partial charge in [0.2, 0.25) is 0 Å². The summed E-state index contributed by atoms with van der Waals surface area (Å²) in [4.78, 5) is 2.40. The van der Waals surface area contributed by atoms with E-state index in [0.29, 0.717) is 12.0 Å². The van der Waals surface area contributed by atoms with Crippen molar-refractivity contribution in [3.05, 3.63) is 35.9 Å². The second-order valence-corrected chi connectivity index (χ2v) is 6.27. The van der Waals surface area contributed by atoms with Gasteiger partial charge in [0, 0.05) is 20.2 Å². The van der Waals surface area contributed by atoms with E-state index in [-0.39, 0.29) is 6.61 Å². The van der Waals surface area contributed by atoms with Gasteiger partial charge in [0.25, 0.3) is 0 Å². The second kappa shape index (κ2) is 7.36. The van der Waals surface area contributed by atoms with Crippen molar-refractivity contribution in [3.8, 4) is 0 Å². The van der Waals surface area contributed by atoms with E-state index in [1.54, 1.807) is 7.11 Å². The highest BCUT2D eigenvalue weighted by Gasteiger charge is 2.30. The van der Waals surface area contributed by atoms with Crippen LogP contribution in [0.4, 0.5) is 0 Å². The van der Waals surface area contributed by atoms with Crippen molar-refractivity contribution in [1.82, 2.24) is 4.90 Å². The molecule has 0 saturated carbocycles. The van der Waals surface area contributed by atoms with E-state index in [4.69, 9.17) is 10.5 Å². The number of hydrogen-bond acceptors (Lipinski definition) is 4. The van der Waals surface area contributed by atoms with Gasteiger partial charge in [0.15, 0.2) is 0 Å². The van der Waals surface area contributed by atoms with Crippen LogP contribution in [0.3, 0.4) is 0 Å². The Bertz CT molecular complexity index is 426. The van der Waals surface area contributed by atoms with Gasteiger partial charge in [0.05, 0.1) is 18.2 Å². The van der Waals surface area contributed by atoms with Crippen LogP contribution in [-0.2, 0) is 10.3 Å². The van der Waals surface area contributed by atoms with Crippen LogP contribution >= 0.6 is 0 Å². The standard InChI is InChI=1S/C17H28N2O2/c1-14-8-10-19(12-16(14)21-2)11-9-17(18,13-20)15-6-4-3-5-7-15/h3-7,14,16,20H,8-13,18H2,1-2H3. The van der Waals surface area contributed by atoms with E-state index in [9.17, 15) is 5.11 Å². The van der Waals surface area contributed by atoms with Gasteiger partial charge in [-0.2, -0.15) is 0 Å². The number of nitrogens with zero attached hydrogens (tertiary/aromatic N) is 1. The first-order chi connectivity index (χ1) is 10.1. The number of aliphatic hydroxyl groups excluding tert-OH is 1. The fourth-order valence-corrected chi connectivity index (χ4v) is 3.05. The molecule has 0 aromatic heterocycles. The molecule has 0 bridgehead atoms. The molecule has 0 radical (unpaired) electrons. The van der Waals surface area contributed by atoms with Crippen molar-refractivity contribution < 1.29 is 9.84 Å². The zero-order chi connectivity index (χ0) is 15.3. The fourth-order valence-electron chi connectivity index (χ4n) is 3.05. The van der Waals surface area contributed by atoms with Gasteiger partial charge in [0.1, 0.15) is 0 Å². The molecule has 3 N–H and O–H groups in total. The van der Waals surface area contributed by atoms with Crippen molar-refractivity contribution in [2.75, 3.05) is 33.4 Å². The van der Waals surface area contributed by atoms with Crippen molar-refractivity contribution in [3.63, 3.8) is 0 Å². The topological polar surface area (TPSA) is 58.7 Å². The smallest absolute Gasteiger partial charge is 0.0724 e. The van der Waals surface area contributed by atoms with Crippen LogP contribution in [0.15, 0.2) is 30.3 Å². The molecule has 1 saturated heterocycles. The lowest BCUT2D eigenvalue weighted by Gasteiger charge is -2.38. The predicted molar refractivity (Wildman–Crippen MR) is 85.0 cm³/mol. The second-order valence-electron chi connectivity index (χ2n) is 6.27. The molecule has 0 spiro atoms. The third kappa shape index (κ3) is 4.04. The average Bonchev–Trinajstić information content (AvgIpc) is 2.54. The number of rotatable bonds is 6. The van der Waals surface area contributed by atoms with Gasteiger partial charge in [-0.1, -0.05) is 37.3 Å². The summed E-state index contributed by atoms with van der Waals surface area (Å²) in [5.74, 6) is 0.612. The normalized spacial score (nSPS) is 26.5. The molecule has 3 atom stereocenters. The number of nitrogens with two attached hydrogens (primary N) is 1. The van der Waals surface area contributed by atoms with Crippen LogP contribution in [0.5, 0.6) is 0 Å². The lowest BCUT2D eigenvalue weighted by molar-refractivity contribution is -0.00776. The summed E-state index contributed by atoms with van der Waals surface area (Å²) in [5, 5.41) is 9.74. The average molecular weight is 292 g/mol. The number of benzene rings is 1. The maximum atomic E-state index is 9.74. The molecule has 0 amide bonds. The summed E-state index contributed by atoms with van der Waals surface area (Å²) in [5.41, 5.74) is 6.76. The minimum Gasteiger partial charge on any atom is -0.394 e. The third-order valence-corrected chi connectivity index (χ3v) is 4.78. The van der Waals surface area contributed by atoms with E-state index in [2.05, 4.69) is 11.8 Å². The number of piperidine rings is 1. The highest BCUT2D eigenvalue weighted by molar-refractivity contribution is 5.24. The fraction of sp³-hybridized carbons (Fsp3) is 0.647. The Morgan fingerprint density at radius 2 is 2.10 bits per heavy atom. The van der Waals surface area contributed by atoms with Crippen molar-refractivity contribution in [2.24, 2.45) is 11.7 Å². The molecular formula is C17H28N2O2. The summed E-state index contributed by atoms with van der Waals surface area (Å²) in [6, 6.07) is 9.89. The maximum absolute atomic E-state index is 9.74. The number of ether oxygens (including phenoxy) is 1. The molecule has 1 fully saturated rings. The van der Waals surface area contributed by atoms with Gasteiger partial charge >= 0.3 is 0 Å². The molecule has 2 rings (SSSR count). The van der Waals surface area contributed by atoms with Gasteiger partial charge < -0.3 is 20.5 Å². The maximum Gasteiger partial charge on any atom is 0.0724 e. The largest absolute Gasteiger partial charge is 0.394 e. The van der Waals surface area contributed by atoms with Crippen LogP contribution in [0.25, 0.3) is 0 Å². The molecular weight excluding hydrogens is 264 g/mol. The SMILES string of the molecule is COC1CN(CCC(N)(CO)c2ccccc2)CCC1C. The van der Waals surface area contributed by atoms with Crippen molar-refractivity contribution in [1.29, 1.82) is 0 Å². The Labute approximate surface area is 127 Å². The molecule has 1 aliphatic heterocycles. The summed E-state index contributed by atoms with van der Waals surface area (Å²) in [6.45, 7) is 5.13. The Morgan fingerprint density at radius 3 is 2.71 bits per heavy atom. The highest BCUT2D eigenvalue weighted by atomic mass is 16.5. The monoisotopic (exact) mass is 292 g/mol. The van der Waals surface area contributed by atoms with E-state index in [1.165, 1.54) is 0 Å². The van der Waals surface area contributed by atoms with Crippen LogP contribution in [0.2, 0.25) is 0 Å². The van der Waals surface area contributed by atoms with E-state index < -0.39 is 5.54 Å². The first-order valence-corrected chi connectivity index (χ1v) is 7.79. The third-order valence-electron chi connectivity index (χ3n) is 4.78. The summed E-state index contributed by atoms with van der Waals surface area (Å²) in [6.07, 6.45) is 2.20. The Hall–Kier alpha value is -0.940. The van der Waals surface area contributed by atoms with Crippen LogP contribution in [0, 0.1) is 5.92 Å². The molecule has 1 heterocycles. The minimum absolute atomic E-state index is 0.0328. The number of likely N-dealkylation sites (tertiary alicyclic amines) is 1. The van der Waals surface area contributed by atoms with Crippen LogP contribution in [-0.4, -0.2) is 49.5 Å². The molecule has 4 heteroatoms. The Morgan fingerprint density at radius 1 is 1.38 bits per heavy atom. The highest BCUT2D eigenvalue weighted by Crippen LogP contribution is 2.24. The molecule has 4 nitrogen and oxygen atoms in total. The number of aliphatic hydroxyl groups is 1. The zero-order valence-corrected chi connectivity index (χ0v) is 13.2. The Balaban J connectivity index is 1.94. The summed E-state index contributed by atoms with van der Waals surface area (Å²) < 4.78 is 5.55. The zero-order valence-electron chi connectivity index (χ0n) is 13.2. The van der Waals surface area contributed by atoms with E-state index >= 15 is 0 Å². The van der Waals surface area contributed by atoms with Crippen LogP contribution in [0.1, 0.15) is 25.3 Å². The lowest BCUT2D eigenvalue weighted by Crippen LogP contribution is -2.48. The van der Waals surface area contributed by atoms with Gasteiger partial charge in [-0.3, -0.25) is 0 Å². The summed E-state index contributed by atoms with van der Waals surface area (Å²) in [7, 11) is 1.79. The summed E-state index contributed by atoms with van der Waals surface area (Å²) >= 11 is 0. The van der Waals surface area contributed by atoms with E-state index in [1.807, 2.05) is 30.3 Å². The minimum atomic E-state index is -0.660. The van der Waals surface area contributed by atoms with Gasteiger partial charge in [-0.15, -0.1) is 0 Å². The van der Waals surface area contributed by atoms with E-state index in [0.717, 1.165) is 38.0 Å². The number of hydrogen-bond donors (Lipinski definition) is 2. The molecule has 1 aromatic carbocycles. The van der Waals surface area contributed by atoms with Gasteiger partial charge in [-0.05, 0) is 30.9 Å². The first-order valence-electron chi connectivity index (χ1n) is 7.79. The van der Waals surface area contributed by atoms with Gasteiger partial charge in [-0.25, -0.2) is 0 Å². The molecule has 1 aliphatic rings. The van der Waals surface area contributed by atoms with Crippen molar-refractivity contribution in [2.45, 2.75) is 31.4 Å². The molecule has 1 aromatic rings. The predicted octanol–water partition coefficient (Wildman–Crippen LogP) is 1.58. The quantitative estimate of drug-likeness (QED) is 0.836.